The minimum Gasteiger partial charge on any atom is -0.496 e. The molecule has 0 spiro atoms. The van der Waals surface area contributed by atoms with Gasteiger partial charge in [0.05, 0.1) is 7.11 Å². The molecule has 0 heterocycles. The van der Waals surface area contributed by atoms with Gasteiger partial charge in [-0.05, 0) is 37.9 Å². The van der Waals surface area contributed by atoms with E-state index >= 15 is 0 Å². The Kier molecular flexibility index (Phi) is 6.40. The maximum Gasteiger partial charge on any atom is 0.124 e. The summed E-state index contributed by atoms with van der Waals surface area (Å²) in [6, 6.07) is 6.21. The van der Waals surface area contributed by atoms with E-state index in [2.05, 4.69) is 11.9 Å². The smallest absolute Gasteiger partial charge is 0.124 e. The predicted octanol–water partition coefficient (Wildman–Crippen LogP) is 2.94. The molecule has 0 radical (unpaired) electrons. The van der Waals surface area contributed by atoms with Crippen LogP contribution in [0.25, 0.3) is 0 Å². The van der Waals surface area contributed by atoms with Gasteiger partial charge >= 0.3 is 0 Å². The van der Waals surface area contributed by atoms with Crippen molar-refractivity contribution < 1.29 is 4.74 Å². The first-order valence-corrected chi connectivity index (χ1v) is 6.76. The Hall–Kier alpha value is -0.480. The summed E-state index contributed by atoms with van der Waals surface area (Å²) in [5.74, 6) is 1.61. The van der Waals surface area contributed by atoms with Crippen LogP contribution in [0.4, 0.5) is 0 Å². The van der Waals surface area contributed by atoms with Crippen LogP contribution in [0.5, 0.6) is 5.75 Å². The number of benzene rings is 1. The van der Waals surface area contributed by atoms with E-state index in [4.69, 9.17) is 22.1 Å². The molecular formula is C14H22Cl2N2O. The molecule has 0 aliphatic heterocycles. The molecule has 2 rings (SSSR count). The van der Waals surface area contributed by atoms with E-state index in [-0.39, 0.29) is 12.4 Å². The van der Waals surface area contributed by atoms with Crippen LogP contribution in [0.3, 0.4) is 0 Å². The molecule has 0 saturated heterocycles. The number of nitrogens with zero attached hydrogens (tertiary/aromatic N) is 1. The molecule has 1 aliphatic rings. The lowest BCUT2D eigenvalue weighted by atomic mass is 10.1. The van der Waals surface area contributed by atoms with Crippen molar-refractivity contribution in [2.45, 2.75) is 25.4 Å². The van der Waals surface area contributed by atoms with Crippen LogP contribution in [0, 0.1) is 5.92 Å². The second-order valence-electron chi connectivity index (χ2n) is 4.98. The van der Waals surface area contributed by atoms with Gasteiger partial charge in [-0.15, -0.1) is 12.4 Å². The van der Waals surface area contributed by atoms with Gasteiger partial charge in [-0.1, -0.05) is 17.7 Å². The Morgan fingerprint density at radius 2 is 2.16 bits per heavy atom. The van der Waals surface area contributed by atoms with Crippen LogP contribution < -0.4 is 10.5 Å². The Bertz CT molecular complexity index is 410. The SMILES string of the molecule is COc1cccc(Cl)c1CN(C)C(CN)C1CC1.Cl. The van der Waals surface area contributed by atoms with Gasteiger partial charge in [0.2, 0.25) is 0 Å². The molecule has 3 nitrogen and oxygen atoms in total. The molecule has 2 N–H and O–H groups in total. The molecule has 19 heavy (non-hydrogen) atoms. The topological polar surface area (TPSA) is 38.5 Å². The summed E-state index contributed by atoms with van der Waals surface area (Å²) >= 11 is 6.26. The maximum atomic E-state index is 6.26. The maximum absolute atomic E-state index is 6.26. The van der Waals surface area contributed by atoms with Crippen LogP contribution >= 0.6 is 24.0 Å². The van der Waals surface area contributed by atoms with Crippen LogP contribution in [0.15, 0.2) is 18.2 Å². The molecule has 108 valence electrons. The van der Waals surface area contributed by atoms with Gasteiger partial charge in [-0.3, -0.25) is 4.90 Å². The molecule has 1 aromatic rings. The number of methoxy groups -OCH3 is 1. The predicted molar refractivity (Wildman–Crippen MR) is 82.3 cm³/mol. The average molecular weight is 305 g/mol. The second kappa shape index (κ2) is 7.34. The fraction of sp³-hybridized carbons (Fsp3) is 0.571. The fourth-order valence-electron chi connectivity index (χ4n) is 2.46. The molecule has 1 aliphatic carbocycles. The van der Waals surface area contributed by atoms with Crippen molar-refractivity contribution in [1.82, 2.24) is 4.90 Å². The molecule has 1 unspecified atom stereocenters. The summed E-state index contributed by atoms with van der Waals surface area (Å²) in [4.78, 5) is 2.29. The van der Waals surface area contributed by atoms with Crippen LogP contribution in [-0.4, -0.2) is 31.6 Å². The first kappa shape index (κ1) is 16.6. The molecular weight excluding hydrogens is 283 g/mol. The van der Waals surface area contributed by atoms with E-state index < -0.39 is 0 Å². The third kappa shape index (κ3) is 3.99. The first-order chi connectivity index (χ1) is 8.67. The van der Waals surface area contributed by atoms with Gasteiger partial charge in [0.1, 0.15) is 5.75 Å². The molecule has 1 atom stereocenters. The summed E-state index contributed by atoms with van der Waals surface area (Å²) < 4.78 is 5.37. The highest BCUT2D eigenvalue weighted by atomic mass is 35.5. The number of halogens is 2. The van der Waals surface area contributed by atoms with Gasteiger partial charge in [0, 0.05) is 29.7 Å². The van der Waals surface area contributed by atoms with Crippen LogP contribution in [-0.2, 0) is 6.54 Å². The van der Waals surface area contributed by atoms with Gasteiger partial charge in [-0.2, -0.15) is 0 Å². The highest BCUT2D eigenvalue weighted by Crippen LogP contribution is 2.36. The second-order valence-corrected chi connectivity index (χ2v) is 5.38. The van der Waals surface area contributed by atoms with E-state index in [1.54, 1.807) is 7.11 Å². The quantitative estimate of drug-likeness (QED) is 0.878. The van der Waals surface area contributed by atoms with Gasteiger partial charge in [-0.25, -0.2) is 0 Å². The zero-order chi connectivity index (χ0) is 13.1. The Morgan fingerprint density at radius 1 is 1.47 bits per heavy atom. The van der Waals surface area contributed by atoms with Gasteiger partial charge in [0.15, 0.2) is 0 Å². The summed E-state index contributed by atoms with van der Waals surface area (Å²) in [5.41, 5.74) is 6.92. The van der Waals surface area contributed by atoms with E-state index in [1.165, 1.54) is 12.8 Å². The van der Waals surface area contributed by atoms with E-state index in [0.29, 0.717) is 12.6 Å². The summed E-state index contributed by atoms with van der Waals surface area (Å²) in [5, 5.41) is 0.757. The summed E-state index contributed by atoms with van der Waals surface area (Å²) in [7, 11) is 3.79. The molecule has 5 heteroatoms. The van der Waals surface area contributed by atoms with Crippen LogP contribution in [0.2, 0.25) is 5.02 Å². The third-order valence-corrected chi connectivity index (χ3v) is 4.03. The van der Waals surface area contributed by atoms with Gasteiger partial charge < -0.3 is 10.5 Å². The minimum absolute atomic E-state index is 0. The summed E-state index contributed by atoms with van der Waals surface area (Å²) in [6.45, 7) is 1.48. The lowest BCUT2D eigenvalue weighted by Gasteiger charge is -2.27. The molecule has 1 saturated carbocycles. The molecule has 0 aromatic heterocycles. The van der Waals surface area contributed by atoms with Crippen LogP contribution in [0.1, 0.15) is 18.4 Å². The molecule has 1 aromatic carbocycles. The standard InChI is InChI=1S/C14H21ClN2O.ClH/c1-17(13(8-16)10-6-7-10)9-11-12(15)4-3-5-14(11)18-2;/h3-5,10,13H,6-9,16H2,1-2H3;1H. The highest BCUT2D eigenvalue weighted by Gasteiger charge is 2.33. The largest absolute Gasteiger partial charge is 0.496 e. The van der Waals surface area contributed by atoms with Gasteiger partial charge in [0.25, 0.3) is 0 Å². The van der Waals surface area contributed by atoms with Crippen molar-refractivity contribution >= 4 is 24.0 Å². The number of nitrogens with two attached hydrogens (primary N) is 1. The van der Waals surface area contributed by atoms with Crippen molar-refractivity contribution in [2.75, 3.05) is 20.7 Å². The number of ether oxygens (including phenoxy) is 1. The van der Waals surface area contributed by atoms with Crippen molar-refractivity contribution in [3.8, 4) is 5.75 Å². The van der Waals surface area contributed by atoms with E-state index in [0.717, 1.165) is 28.8 Å². The molecule has 1 fully saturated rings. The van der Waals surface area contributed by atoms with Crippen molar-refractivity contribution in [3.63, 3.8) is 0 Å². The summed E-state index contributed by atoms with van der Waals surface area (Å²) in [6.07, 6.45) is 2.59. The average Bonchev–Trinajstić information content (AvgIpc) is 3.17. The third-order valence-electron chi connectivity index (χ3n) is 3.68. The monoisotopic (exact) mass is 304 g/mol. The van der Waals surface area contributed by atoms with E-state index in [9.17, 15) is 0 Å². The van der Waals surface area contributed by atoms with Crippen molar-refractivity contribution in [2.24, 2.45) is 11.7 Å². The van der Waals surface area contributed by atoms with Crippen molar-refractivity contribution in [3.05, 3.63) is 28.8 Å². The Labute approximate surface area is 126 Å². The minimum atomic E-state index is 0. The zero-order valence-corrected chi connectivity index (χ0v) is 13.0. The molecule has 0 amide bonds. The number of likely N-dealkylation sites (N-methyl/N-ethyl adjacent to an activating group) is 1. The highest BCUT2D eigenvalue weighted by molar-refractivity contribution is 6.31. The Morgan fingerprint density at radius 3 is 2.68 bits per heavy atom. The molecule has 0 bridgehead atoms. The number of rotatable bonds is 6. The lowest BCUT2D eigenvalue weighted by molar-refractivity contribution is 0.213. The number of hydrogen-bond donors (Lipinski definition) is 1. The zero-order valence-electron chi connectivity index (χ0n) is 11.4. The Balaban J connectivity index is 0.00000180. The number of hydrogen-bond acceptors (Lipinski definition) is 3. The van der Waals surface area contributed by atoms with E-state index in [1.807, 2.05) is 18.2 Å². The lowest BCUT2D eigenvalue weighted by Crippen LogP contribution is -2.39. The fourth-order valence-corrected chi connectivity index (χ4v) is 2.69. The van der Waals surface area contributed by atoms with Crippen molar-refractivity contribution in [1.29, 1.82) is 0 Å². The first-order valence-electron chi connectivity index (χ1n) is 6.39. The normalized spacial score (nSPS) is 16.1.